The second-order valence-electron chi connectivity index (χ2n) is 4.13. The predicted octanol–water partition coefficient (Wildman–Crippen LogP) is 2.29. The predicted molar refractivity (Wildman–Crippen MR) is 68.2 cm³/mol. The summed E-state index contributed by atoms with van der Waals surface area (Å²) in [5, 5.41) is 8.60. The first kappa shape index (κ1) is 10.1. The van der Waals surface area contributed by atoms with Crippen LogP contribution in [0.5, 0.6) is 0 Å². The van der Waals surface area contributed by atoms with E-state index in [0.717, 1.165) is 29.4 Å². The number of benzene rings is 1. The van der Waals surface area contributed by atoms with Crippen LogP contribution in [-0.4, -0.2) is 14.8 Å². The van der Waals surface area contributed by atoms with Gasteiger partial charge in [0.25, 0.3) is 5.56 Å². The van der Waals surface area contributed by atoms with Crippen LogP contribution in [0.15, 0.2) is 35.3 Å². The lowest BCUT2D eigenvalue weighted by Crippen LogP contribution is -2.20. The molecule has 2 aromatic heterocycles. The van der Waals surface area contributed by atoms with E-state index in [-0.39, 0.29) is 5.56 Å². The molecule has 0 saturated carbocycles. The molecular weight excluding hydrogens is 214 g/mol. The highest BCUT2D eigenvalue weighted by Gasteiger charge is 2.10. The van der Waals surface area contributed by atoms with Crippen molar-refractivity contribution in [1.82, 2.24) is 14.8 Å². The largest absolute Gasteiger partial charge is 0.308 e. The SMILES string of the molecule is CCCn1c(=O)c2cn[nH]c2c2ccccc21. The zero-order valence-corrected chi connectivity index (χ0v) is 9.60. The van der Waals surface area contributed by atoms with Crippen LogP contribution in [0.3, 0.4) is 0 Å². The van der Waals surface area contributed by atoms with Gasteiger partial charge in [0.2, 0.25) is 0 Å². The highest BCUT2D eigenvalue weighted by molar-refractivity contribution is 6.02. The lowest BCUT2D eigenvalue weighted by molar-refractivity contribution is 0.683. The van der Waals surface area contributed by atoms with Crippen LogP contribution in [0, 0.1) is 0 Å². The molecule has 0 aliphatic rings. The average molecular weight is 227 g/mol. The molecule has 0 bridgehead atoms. The number of para-hydroxylation sites is 1. The Labute approximate surface area is 97.9 Å². The molecule has 1 aromatic carbocycles. The van der Waals surface area contributed by atoms with Crippen LogP contribution in [0.1, 0.15) is 13.3 Å². The summed E-state index contributed by atoms with van der Waals surface area (Å²) in [5.74, 6) is 0. The van der Waals surface area contributed by atoms with Crippen molar-refractivity contribution in [3.63, 3.8) is 0 Å². The van der Waals surface area contributed by atoms with E-state index >= 15 is 0 Å². The maximum absolute atomic E-state index is 12.3. The van der Waals surface area contributed by atoms with Gasteiger partial charge < -0.3 is 4.57 Å². The molecule has 0 aliphatic carbocycles. The summed E-state index contributed by atoms with van der Waals surface area (Å²) in [4.78, 5) is 12.3. The number of pyridine rings is 1. The molecule has 0 spiro atoms. The van der Waals surface area contributed by atoms with E-state index in [4.69, 9.17) is 0 Å². The Morgan fingerprint density at radius 3 is 2.94 bits per heavy atom. The van der Waals surface area contributed by atoms with E-state index in [0.29, 0.717) is 5.39 Å². The standard InChI is InChI=1S/C13H13N3O/c1-2-7-16-11-6-4-3-5-9(11)12-10(13(16)17)8-14-15-12/h3-6,8H,2,7H2,1H3,(H,14,15). The van der Waals surface area contributed by atoms with Crippen molar-refractivity contribution < 1.29 is 0 Å². The molecule has 2 heterocycles. The Balaban J connectivity index is 2.57. The third kappa shape index (κ3) is 1.37. The van der Waals surface area contributed by atoms with Crippen molar-refractivity contribution in [2.24, 2.45) is 0 Å². The fourth-order valence-corrected chi connectivity index (χ4v) is 2.27. The van der Waals surface area contributed by atoms with Crippen molar-refractivity contribution in [3.05, 3.63) is 40.8 Å². The fourth-order valence-electron chi connectivity index (χ4n) is 2.27. The van der Waals surface area contributed by atoms with Crippen molar-refractivity contribution in [2.75, 3.05) is 0 Å². The Kier molecular flexibility index (Phi) is 2.21. The quantitative estimate of drug-likeness (QED) is 0.730. The van der Waals surface area contributed by atoms with Crippen molar-refractivity contribution in [1.29, 1.82) is 0 Å². The van der Waals surface area contributed by atoms with Gasteiger partial charge in [0.1, 0.15) is 0 Å². The Bertz CT molecular complexity index is 739. The molecule has 4 nitrogen and oxygen atoms in total. The molecule has 0 atom stereocenters. The number of fused-ring (bicyclic) bond motifs is 3. The van der Waals surface area contributed by atoms with E-state index in [1.165, 1.54) is 0 Å². The Morgan fingerprint density at radius 1 is 1.29 bits per heavy atom. The van der Waals surface area contributed by atoms with E-state index in [9.17, 15) is 4.79 Å². The third-order valence-corrected chi connectivity index (χ3v) is 3.03. The summed E-state index contributed by atoms with van der Waals surface area (Å²) in [6.07, 6.45) is 2.55. The molecule has 0 radical (unpaired) electrons. The van der Waals surface area contributed by atoms with Crippen LogP contribution in [0.4, 0.5) is 0 Å². The van der Waals surface area contributed by atoms with Crippen LogP contribution in [0.25, 0.3) is 21.8 Å². The second-order valence-corrected chi connectivity index (χ2v) is 4.13. The number of rotatable bonds is 2. The van der Waals surface area contributed by atoms with Gasteiger partial charge in [-0.2, -0.15) is 5.10 Å². The Morgan fingerprint density at radius 2 is 2.12 bits per heavy atom. The van der Waals surface area contributed by atoms with Gasteiger partial charge in [-0.05, 0) is 12.5 Å². The number of aromatic nitrogens is 3. The Hall–Kier alpha value is -2.10. The van der Waals surface area contributed by atoms with Gasteiger partial charge in [0.05, 0.1) is 22.6 Å². The number of hydrogen-bond acceptors (Lipinski definition) is 2. The van der Waals surface area contributed by atoms with Crippen LogP contribution in [-0.2, 0) is 6.54 Å². The summed E-state index contributed by atoms with van der Waals surface area (Å²) in [5.41, 5.74) is 1.84. The summed E-state index contributed by atoms with van der Waals surface area (Å²) in [7, 11) is 0. The molecule has 4 heteroatoms. The number of aryl methyl sites for hydroxylation is 1. The molecule has 17 heavy (non-hydrogen) atoms. The molecule has 0 amide bonds. The summed E-state index contributed by atoms with van der Waals surface area (Å²) in [6, 6.07) is 7.92. The molecule has 0 aliphatic heterocycles. The smallest absolute Gasteiger partial charge is 0.262 e. The fraction of sp³-hybridized carbons (Fsp3) is 0.231. The lowest BCUT2D eigenvalue weighted by atomic mass is 10.1. The third-order valence-electron chi connectivity index (χ3n) is 3.03. The van der Waals surface area contributed by atoms with Crippen molar-refractivity contribution in [2.45, 2.75) is 19.9 Å². The summed E-state index contributed by atoms with van der Waals surface area (Å²) >= 11 is 0. The van der Waals surface area contributed by atoms with E-state index in [1.807, 2.05) is 28.8 Å². The van der Waals surface area contributed by atoms with Crippen LogP contribution in [0.2, 0.25) is 0 Å². The first-order valence-electron chi connectivity index (χ1n) is 5.77. The lowest BCUT2D eigenvalue weighted by Gasteiger charge is -2.09. The first-order chi connectivity index (χ1) is 8.33. The zero-order valence-electron chi connectivity index (χ0n) is 9.60. The van der Waals surface area contributed by atoms with Gasteiger partial charge in [0.15, 0.2) is 0 Å². The number of aromatic amines is 1. The minimum absolute atomic E-state index is 0.0364. The van der Waals surface area contributed by atoms with Crippen LogP contribution < -0.4 is 5.56 Å². The minimum Gasteiger partial charge on any atom is -0.308 e. The summed E-state index contributed by atoms with van der Waals surface area (Å²) in [6.45, 7) is 2.81. The van der Waals surface area contributed by atoms with Gasteiger partial charge in [-0.1, -0.05) is 25.1 Å². The number of nitrogens with zero attached hydrogens (tertiary/aromatic N) is 2. The average Bonchev–Trinajstić information content (AvgIpc) is 2.84. The highest BCUT2D eigenvalue weighted by atomic mass is 16.1. The normalized spacial score (nSPS) is 11.4. The monoisotopic (exact) mass is 227 g/mol. The van der Waals surface area contributed by atoms with E-state index < -0.39 is 0 Å². The molecular formula is C13H13N3O. The number of nitrogens with one attached hydrogen (secondary N) is 1. The van der Waals surface area contributed by atoms with Crippen LogP contribution >= 0.6 is 0 Å². The van der Waals surface area contributed by atoms with Crippen molar-refractivity contribution in [3.8, 4) is 0 Å². The molecule has 86 valence electrons. The molecule has 0 saturated heterocycles. The van der Waals surface area contributed by atoms with Crippen molar-refractivity contribution >= 4 is 21.8 Å². The summed E-state index contributed by atoms with van der Waals surface area (Å²) < 4.78 is 1.83. The maximum Gasteiger partial charge on any atom is 0.262 e. The van der Waals surface area contributed by atoms with Gasteiger partial charge in [-0.3, -0.25) is 9.89 Å². The molecule has 0 fully saturated rings. The van der Waals surface area contributed by atoms with E-state index in [1.54, 1.807) is 6.20 Å². The van der Waals surface area contributed by atoms with Gasteiger partial charge in [0, 0.05) is 11.9 Å². The first-order valence-corrected chi connectivity index (χ1v) is 5.77. The van der Waals surface area contributed by atoms with Gasteiger partial charge >= 0.3 is 0 Å². The second kappa shape index (κ2) is 3.73. The molecule has 3 aromatic rings. The maximum atomic E-state index is 12.3. The molecule has 3 rings (SSSR count). The minimum atomic E-state index is 0.0364. The molecule has 1 N–H and O–H groups in total. The number of H-pyrrole nitrogens is 1. The van der Waals surface area contributed by atoms with Gasteiger partial charge in [-0.25, -0.2) is 0 Å². The van der Waals surface area contributed by atoms with Gasteiger partial charge in [-0.15, -0.1) is 0 Å². The van der Waals surface area contributed by atoms with E-state index in [2.05, 4.69) is 17.1 Å². The zero-order chi connectivity index (χ0) is 11.8. The highest BCUT2D eigenvalue weighted by Crippen LogP contribution is 2.20. The molecule has 0 unspecified atom stereocenters. The topological polar surface area (TPSA) is 50.7 Å². The number of hydrogen-bond donors (Lipinski definition) is 1.